The van der Waals surface area contributed by atoms with Gasteiger partial charge >= 0.3 is 0 Å². The van der Waals surface area contributed by atoms with Crippen LogP contribution in [0.1, 0.15) is 23.2 Å². The number of aromatic nitrogens is 1. The lowest BCUT2D eigenvalue weighted by Gasteiger charge is -2.16. The summed E-state index contributed by atoms with van der Waals surface area (Å²) < 4.78 is 2.07. The maximum atomic E-state index is 12.5. The molecule has 2 aliphatic rings. The quantitative estimate of drug-likeness (QED) is 0.642. The lowest BCUT2D eigenvalue weighted by atomic mass is 9.96. The van der Waals surface area contributed by atoms with E-state index in [2.05, 4.69) is 10.6 Å². The molecule has 0 radical (unpaired) electrons. The molecule has 4 heteroatoms. The van der Waals surface area contributed by atoms with Crippen molar-refractivity contribution in [1.29, 1.82) is 0 Å². The second-order valence-corrected chi connectivity index (χ2v) is 5.31. The van der Waals surface area contributed by atoms with Gasteiger partial charge in [-0.05, 0) is 24.5 Å². The highest BCUT2D eigenvalue weighted by molar-refractivity contribution is 6.20. The van der Waals surface area contributed by atoms with Crippen molar-refractivity contribution in [2.45, 2.75) is 12.8 Å². The summed E-state index contributed by atoms with van der Waals surface area (Å²) in [4.78, 5) is 12.5. The van der Waals surface area contributed by atoms with E-state index < -0.39 is 0 Å². The predicted molar refractivity (Wildman–Crippen MR) is 81.6 cm³/mol. The number of hydrogen-bond acceptors (Lipinski definition) is 2. The van der Waals surface area contributed by atoms with Crippen molar-refractivity contribution in [3.63, 3.8) is 0 Å². The standard InChI is InChI=1S/C17H15N3O/c18-20-11-15(12-5-2-1-3-6-12)19-10-9-13-7-4-8-14(16(13)19)17(20)21/h1-3,5-6,8-11H,4,7,18H2. The fourth-order valence-electron chi connectivity index (χ4n) is 3.05. The number of carbonyl (C=O) groups excluding carboxylic acids is 1. The Bertz CT molecular complexity index is 784. The minimum absolute atomic E-state index is 0.151. The third-order valence-corrected chi connectivity index (χ3v) is 4.04. The third kappa shape index (κ3) is 1.76. The Kier molecular flexibility index (Phi) is 2.59. The smallest absolute Gasteiger partial charge is 0.273 e. The number of benzene rings is 1. The molecule has 2 heterocycles. The van der Waals surface area contributed by atoms with Gasteiger partial charge < -0.3 is 4.57 Å². The molecular formula is C17H15N3O. The van der Waals surface area contributed by atoms with E-state index in [0.29, 0.717) is 5.57 Å². The summed E-state index contributed by atoms with van der Waals surface area (Å²) in [6, 6.07) is 12.1. The number of carbonyl (C=O) groups is 1. The average molecular weight is 277 g/mol. The van der Waals surface area contributed by atoms with Gasteiger partial charge in [-0.1, -0.05) is 36.4 Å². The van der Waals surface area contributed by atoms with Crippen LogP contribution in [0.5, 0.6) is 0 Å². The lowest BCUT2D eigenvalue weighted by molar-refractivity contribution is -0.122. The van der Waals surface area contributed by atoms with E-state index in [1.54, 1.807) is 6.20 Å². The maximum Gasteiger partial charge on any atom is 0.273 e. The molecule has 0 bridgehead atoms. The van der Waals surface area contributed by atoms with Gasteiger partial charge in [-0.25, -0.2) is 10.9 Å². The summed E-state index contributed by atoms with van der Waals surface area (Å²) in [5, 5.41) is 1.19. The van der Waals surface area contributed by atoms with Gasteiger partial charge in [0.15, 0.2) is 0 Å². The molecule has 2 aromatic rings. The summed E-state index contributed by atoms with van der Waals surface area (Å²) in [6.07, 6.45) is 7.56. The Labute approximate surface area is 122 Å². The number of hydrazine groups is 1. The van der Waals surface area contributed by atoms with Gasteiger partial charge in [-0.2, -0.15) is 0 Å². The van der Waals surface area contributed by atoms with Crippen molar-refractivity contribution in [1.82, 2.24) is 9.58 Å². The second-order valence-electron chi connectivity index (χ2n) is 5.31. The first-order valence-electron chi connectivity index (χ1n) is 7.02. The second kappa shape index (κ2) is 4.46. The van der Waals surface area contributed by atoms with Crippen molar-refractivity contribution in [3.8, 4) is 0 Å². The van der Waals surface area contributed by atoms with Crippen LogP contribution in [0, 0.1) is 0 Å². The molecule has 1 aliphatic carbocycles. The van der Waals surface area contributed by atoms with Crippen LogP contribution in [0.3, 0.4) is 0 Å². The minimum Gasteiger partial charge on any atom is -0.314 e. The van der Waals surface area contributed by atoms with E-state index in [-0.39, 0.29) is 5.91 Å². The van der Waals surface area contributed by atoms with Crippen molar-refractivity contribution in [2.75, 3.05) is 0 Å². The molecule has 0 saturated heterocycles. The molecule has 2 N–H and O–H groups in total. The van der Waals surface area contributed by atoms with Gasteiger partial charge in [0.25, 0.3) is 5.91 Å². The molecule has 0 fully saturated rings. The molecule has 0 atom stereocenters. The first-order chi connectivity index (χ1) is 10.3. The van der Waals surface area contributed by atoms with Gasteiger partial charge in [0.2, 0.25) is 0 Å². The van der Waals surface area contributed by atoms with Crippen LogP contribution >= 0.6 is 0 Å². The van der Waals surface area contributed by atoms with Gasteiger partial charge in [0.1, 0.15) is 0 Å². The largest absolute Gasteiger partial charge is 0.314 e. The topological polar surface area (TPSA) is 51.3 Å². The molecule has 1 aromatic heterocycles. The Hall–Kier alpha value is -2.59. The molecular weight excluding hydrogens is 262 g/mol. The highest BCUT2D eigenvalue weighted by atomic mass is 16.2. The number of amides is 1. The summed E-state index contributed by atoms with van der Waals surface area (Å²) in [6.45, 7) is 0. The van der Waals surface area contributed by atoms with Crippen LogP contribution < -0.4 is 5.84 Å². The van der Waals surface area contributed by atoms with Crippen LogP contribution in [-0.4, -0.2) is 15.5 Å². The molecule has 1 amide bonds. The van der Waals surface area contributed by atoms with Gasteiger partial charge in [0.05, 0.1) is 17.0 Å². The van der Waals surface area contributed by atoms with Crippen LogP contribution in [-0.2, 0) is 11.2 Å². The van der Waals surface area contributed by atoms with Crippen molar-refractivity contribution in [3.05, 3.63) is 71.7 Å². The van der Waals surface area contributed by atoms with E-state index in [9.17, 15) is 4.79 Å². The zero-order valence-electron chi connectivity index (χ0n) is 11.5. The third-order valence-electron chi connectivity index (χ3n) is 4.04. The van der Waals surface area contributed by atoms with E-state index in [1.165, 1.54) is 10.6 Å². The molecule has 1 aliphatic heterocycles. The van der Waals surface area contributed by atoms with Crippen molar-refractivity contribution >= 4 is 17.2 Å². The normalized spacial score (nSPS) is 17.0. The van der Waals surface area contributed by atoms with E-state index >= 15 is 0 Å². The lowest BCUT2D eigenvalue weighted by Crippen LogP contribution is -2.32. The number of rotatable bonds is 1. The fraction of sp³-hybridized carbons (Fsp3) is 0.118. The van der Waals surface area contributed by atoms with Crippen molar-refractivity contribution < 1.29 is 4.79 Å². The Balaban J connectivity index is 1.99. The minimum atomic E-state index is -0.151. The molecule has 4 rings (SSSR count). The monoisotopic (exact) mass is 277 g/mol. The molecule has 1 aromatic carbocycles. The Morgan fingerprint density at radius 1 is 1.10 bits per heavy atom. The van der Waals surface area contributed by atoms with Crippen LogP contribution in [0.2, 0.25) is 0 Å². The van der Waals surface area contributed by atoms with Gasteiger partial charge in [-0.15, -0.1) is 0 Å². The number of nitrogens with two attached hydrogens (primary N) is 1. The summed E-state index contributed by atoms with van der Waals surface area (Å²) in [7, 11) is 0. The van der Waals surface area contributed by atoms with Crippen LogP contribution in [0.4, 0.5) is 0 Å². The van der Waals surface area contributed by atoms with Gasteiger partial charge in [-0.3, -0.25) is 4.79 Å². The van der Waals surface area contributed by atoms with Crippen LogP contribution in [0.25, 0.3) is 11.3 Å². The molecule has 0 saturated carbocycles. The molecule has 21 heavy (non-hydrogen) atoms. The van der Waals surface area contributed by atoms with E-state index in [0.717, 1.165) is 29.8 Å². The Morgan fingerprint density at radius 2 is 1.90 bits per heavy atom. The summed E-state index contributed by atoms with van der Waals surface area (Å²) in [5.41, 5.74) is 4.84. The van der Waals surface area contributed by atoms with Crippen LogP contribution in [0.15, 0.2) is 54.9 Å². The first kappa shape index (κ1) is 12.2. The zero-order valence-corrected chi connectivity index (χ0v) is 11.5. The summed E-state index contributed by atoms with van der Waals surface area (Å²) in [5.74, 6) is 5.79. The van der Waals surface area contributed by atoms with E-state index in [1.807, 2.05) is 42.6 Å². The first-order valence-corrected chi connectivity index (χ1v) is 7.02. The highest BCUT2D eigenvalue weighted by Crippen LogP contribution is 2.34. The number of aryl methyl sites for hydroxylation is 1. The maximum absolute atomic E-state index is 12.5. The fourth-order valence-corrected chi connectivity index (χ4v) is 3.05. The number of hydrogen-bond donors (Lipinski definition) is 1. The van der Waals surface area contributed by atoms with Gasteiger partial charge in [0, 0.05) is 18.0 Å². The van der Waals surface area contributed by atoms with Crippen molar-refractivity contribution in [2.24, 2.45) is 5.84 Å². The SMILES string of the molecule is NN1C=C(c2ccccc2)n2ccc3c2C(=CCC3)C1=O. The van der Waals surface area contributed by atoms with E-state index in [4.69, 9.17) is 5.84 Å². The predicted octanol–water partition coefficient (Wildman–Crippen LogP) is 2.38. The number of allylic oxidation sites excluding steroid dienone is 1. The number of nitrogens with zero attached hydrogens (tertiary/aromatic N) is 2. The Morgan fingerprint density at radius 3 is 2.71 bits per heavy atom. The molecule has 0 unspecified atom stereocenters. The molecule has 104 valence electrons. The molecule has 4 nitrogen and oxygen atoms in total. The molecule has 0 spiro atoms. The summed E-state index contributed by atoms with van der Waals surface area (Å²) >= 11 is 0. The highest BCUT2D eigenvalue weighted by Gasteiger charge is 2.29. The average Bonchev–Trinajstić information content (AvgIpc) is 2.92. The zero-order chi connectivity index (χ0) is 14.4.